The first-order valence-corrected chi connectivity index (χ1v) is 11.2. The Morgan fingerprint density at radius 3 is 2.06 bits per heavy atom. The molecule has 2 atom stereocenters. The molecule has 0 spiro atoms. The fourth-order valence-electron chi connectivity index (χ4n) is 4.22. The Balaban J connectivity index is 1.83. The van der Waals surface area contributed by atoms with E-state index in [-0.39, 0.29) is 11.5 Å². The van der Waals surface area contributed by atoms with Crippen LogP contribution in [0, 0.1) is 12.8 Å². The highest BCUT2D eigenvalue weighted by Gasteiger charge is 2.24. The van der Waals surface area contributed by atoms with Gasteiger partial charge in [-0.2, -0.15) is 0 Å². The second-order valence-corrected chi connectivity index (χ2v) is 8.34. The minimum atomic E-state index is -0.945. The van der Waals surface area contributed by atoms with Gasteiger partial charge in [0.1, 0.15) is 11.5 Å². The Morgan fingerprint density at radius 1 is 0.909 bits per heavy atom. The summed E-state index contributed by atoms with van der Waals surface area (Å²) in [6, 6.07) is 21.0. The number of hydrogen-bond acceptors (Lipinski definition) is 4. The van der Waals surface area contributed by atoms with Gasteiger partial charge in [-0.1, -0.05) is 42.5 Å². The van der Waals surface area contributed by atoms with Crippen LogP contribution in [-0.4, -0.2) is 30.4 Å². The van der Waals surface area contributed by atoms with Crippen molar-refractivity contribution in [3.05, 3.63) is 94.5 Å². The molecular formula is C28H32O5. The van der Waals surface area contributed by atoms with Crippen molar-refractivity contribution in [3.8, 4) is 11.5 Å². The fraction of sp³-hybridized carbons (Fsp3) is 0.321. The zero-order valence-corrected chi connectivity index (χ0v) is 19.5. The number of rotatable bonds is 11. The third kappa shape index (κ3) is 6.36. The normalized spacial score (nSPS) is 12.7. The van der Waals surface area contributed by atoms with Crippen LogP contribution in [0.5, 0.6) is 11.5 Å². The molecule has 3 aromatic rings. The molecule has 2 N–H and O–H groups in total. The monoisotopic (exact) mass is 448 g/mol. The van der Waals surface area contributed by atoms with Gasteiger partial charge in [0.25, 0.3) is 0 Å². The van der Waals surface area contributed by atoms with E-state index in [0.717, 1.165) is 36.0 Å². The quantitative estimate of drug-likeness (QED) is 0.398. The number of aliphatic hydroxyl groups excluding tert-OH is 1. The first-order chi connectivity index (χ1) is 15.9. The van der Waals surface area contributed by atoms with Gasteiger partial charge in [-0.15, -0.1) is 0 Å². The van der Waals surface area contributed by atoms with Crippen molar-refractivity contribution < 1.29 is 24.5 Å². The van der Waals surface area contributed by atoms with Crippen LogP contribution in [0.2, 0.25) is 0 Å². The van der Waals surface area contributed by atoms with Gasteiger partial charge in [-0.25, -0.2) is 4.79 Å². The van der Waals surface area contributed by atoms with E-state index in [2.05, 4.69) is 12.1 Å². The molecule has 0 saturated heterocycles. The number of aromatic carboxylic acids is 1. The molecule has 0 bridgehead atoms. The average molecular weight is 449 g/mol. The first kappa shape index (κ1) is 24.3. The lowest BCUT2D eigenvalue weighted by atomic mass is 9.85. The van der Waals surface area contributed by atoms with E-state index in [1.165, 1.54) is 5.56 Å². The Bertz CT molecular complexity index is 1020. The van der Waals surface area contributed by atoms with Crippen molar-refractivity contribution >= 4 is 5.97 Å². The average Bonchev–Trinajstić information content (AvgIpc) is 2.84. The Morgan fingerprint density at radius 2 is 1.52 bits per heavy atom. The summed E-state index contributed by atoms with van der Waals surface area (Å²) < 4.78 is 11.0. The van der Waals surface area contributed by atoms with Gasteiger partial charge in [-0.05, 0) is 79.5 Å². The zero-order valence-electron chi connectivity index (χ0n) is 19.5. The molecule has 0 aromatic heterocycles. The maximum Gasteiger partial charge on any atom is 0.335 e. The molecule has 0 aliphatic rings. The van der Waals surface area contributed by atoms with E-state index < -0.39 is 12.1 Å². The van der Waals surface area contributed by atoms with Gasteiger partial charge in [0.15, 0.2) is 0 Å². The molecule has 0 amide bonds. The topological polar surface area (TPSA) is 76.0 Å². The van der Waals surface area contributed by atoms with Gasteiger partial charge >= 0.3 is 5.97 Å². The molecule has 0 saturated carbocycles. The van der Waals surface area contributed by atoms with E-state index in [9.17, 15) is 15.0 Å². The van der Waals surface area contributed by atoms with Gasteiger partial charge in [0, 0.05) is 5.56 Å². The molecule has 3 rings (SSSR count). The highest BCUT2D eigenvalue weighted by Crippen LogP contribution is 2.36. The summed E-state index contributed by atoms with van der Waals surface area (Å²) in [5.74, 6) is 0.357. The number of aliphatic hydroxyl groups is 1. The van der Waals surface area contributed by atoms with Crippen LogP contribution in [0.25, 0.3) is 0 Å². The predicted octanol–water partition coefficient (Wildman–Crippen LogP) is 5.63. The summed E-state index contributed by atoms with van der Waals surface area (Å²) >= 11 is 0. The number of carboxylic acid groups (broad SMARTS) is 1. The van der Waals surface area contributed by atoms with Crippen LogP contribution >= 0.6 is 0 Å². The number of carbonyl (C=O) groups is 1. The Hall–Kier alpha value is -3.31. The van der Waals surface area contributed by atoms with Crippen LogP contribution in [0.15, 0.2) is 66.7 Å². The molecule has 5 nitrogen and oxygen atoms in total. The second-order valence-electron chi connectivity index (χ2n) is 8.34. The number of benzene rings is 3. The number of hydrogen-bond donors (Lipinski definition) is 2. The minimum Gasteiger partial charge on any atom is -0.496 e. The van der Waals surface area contributed by atoms with E-state index >= 15 is 0 Å². The third-order valence-corrected chi connectivity index (χ3v) is 6.14. The molecule has 0 fully saturated rings. The van der Waals surface area contributed by atoms with E-state index in [1.807, 2.05) is 49.4 Å². The highest BCUT2D eigenvalue weighted by molar-refractivity contribution is 5.87. The molecule has 0 radical (unpaired) electrons. The largest absolute Gasteiger partial charge is 0.496 e. The molecule has 0 aliphatic heterocycles. The van der Waals surface area contributed by atoms with Gasteiger partial charge in [0.2, 0.25) is 0 Å². The number of methoxy groups -OCH3 is 2. The molecule has 5 heteroatoms. The molecule has 3 aromatic carbocycles. The Labute approximate surface area is 195 Å². The summed E-state index contributed by atoms with van der Waals surface area (Å²) in [5, 5.41) is 20.6. The molecule has 174 valence electrons. The third-order valence-electron chi connectivity index (χ3n) is 6.14. The van der Waals surface area contributed by atoms with Crippen molar-refractivity contribution in [2.45, 2.75) is 38.7 Å². The van der Waals surface area contributed by atoms with Crippen molar-refractivity contribution in [3.63, 3.8) is 0 Å². The van der Waals surface area contributed by atoms with Crippen molar-refractivity contribution in [1.82, 2.24) is 0 Å². The second kappa shape index (κ2) is 11.5. The lowest BCUT2D eigenvalue weighted by Gasteiger charge is -2.25. The van der Waals surface area contributed by atoms with Crippen molar-refractivity contribution in [2.24, 2.45) is 5.92 Å². The van der Waals surface area contributed by atoms with Crippen LogP contribution in [-0.2, 0) is 12.8 Å². The molecule has 33 heavy (non-hydrogen) atoms. The maximum atomic E-state index is 11.4. The SMILES string of the molecule is COc1cc(C(O)[C@H](CCCc2ccccc2)Cc2ccc(C(=O)O)cc2)cc(OC)c1C. The van der Waals surface area contributed by atoms with Gasteiger partial charge in [-0.3, -0.25) is 0 Å². The number of ether oxygens (including phenoxy) is 2. The molecular weight excluding hydrogens is 416 g/mol. The molecule has 1 unspecified atom stereocenters. The summed E-state index contributed by atoms with van der Waals surface area (Å²) in [4.78, 5) is 11.2. The van der Waals surface area contributed by atoms with Crippen molar-refractivity contribution in [2.75, 3.05) is 14.2 Å². The van der Waals surface area contributed by atoms with Crippen LogP contribution < -0.4 is 9.47 Å². The standard InChI is InChI=1S/C28H32O5/c1-19-25(32-2)17-24(18-26(19)33-3)27(29)23(11-7-10-20-8-5-4-6-9-20)16-21-12-14-22(15-13-21)28(30)31/h4-6,8-9,12-15,17-18,23,27,29H,7,10-11,16H2,1-3H3,(H,30,31)/t23-,27?/m1/s1. The smallest absolute Gasteiger partial charge is 0.335 e. The highest BCUT2D eigenvalue weighted by atomic mass is 16.5. The molecule has 0 heterocycles. The number of aryl methyl sites for hydroxylation is 1. The Kier molecular flexibility index (Phi) is 8.50. The summed E-state index contributed by atoms with van der Waals surface area (Å²) in [6.07, 6.45) is 2.59. The van der Waals surface area contributed by atoms with Gasteiger partial charge in [0.05, 0.1) is 25.9 Å². The lowest BCUT2D eigenvalue weighted by Crippen LogP contribution is -2.17. The van der Waals surface area contributed by atoms with E-state index in [0.29, 0.717) is 17.9 Å². The zero-order chi connectivity index (χ0) is 23.8. The van der Waals surface area contributed by atoms with Gasteiger partial charge < -0.3 is 19.7 Å². The fourth-order valence-corrected chi connectivity index (χ4v) is 4.22. The molecule has 0 aliphatic carbocycles. The predicted molar refractivity (Wildman–Crippen MR) is 129 cm³/mol. The van der Waals surface area contributed by atoms with Crippen LogP contribution in [0.4, 0.5) is 0 Å². The van der Waals surface area contributed by atoms with Crippen LogP contribution in [0.3, 0.4) is 0 Å². The van der Waals surface area contributed by atoms with E-state index in [4.69, 9.17) is 9.47 Å². The first-order valence-electron chi connectivity index (χ1n) is 11.2. The summed E-state index contributed by atoms with van der Waals surface area (Å²) in [6.45, 7) is 1.93. The maximum absolute atomic E-state index is 11.4. The number of carboxylic acids is 1. The summed E-state index contributed by atoms with van der Waals surface area (Å²) in [5.41, 5.74) is 4.17. The lowest BCUT2D eigenvalue weighted by molar-refractivity contribution is 0.0696. The van der Waals surface area contributed by atoms with E-state index in [1.54, 1.807) is 26.4 Å². The minimum absolute atomic E-state index is 0.0542. The van der Waals surface area contributed by atoms with Crippen molar-refractivity contribution in [1.29, 1.82) is 0 Å². The summed E-state index contributed by atoms with van der Waals surface area (Å²) in [7, 11) is 3.22. The van der Waals surface area contributed by atoms with Crippen LogP contribution in [0.1, 0.15) is 51.6 Å².